The van der Waals surface area contributed by atoms with Crippen molar-refractivity contribution in [2.75, 3.05) is 7.11 Å². The van der Waals surface area contributed by atoms with E-state index in [4.69, 9.17) is 16.3 Å². The Kier molecular flexibility index (Phi) is 4.18. The Morgan fingerprint density at radius 3 is 2.31 bits per heavy atom. The van der Waals surface area contributed by atoms with Crippen LogP contribution in [0.3, 0.4) is 0 Å². The van der Waals surface area contributed by atoms with Gasteiger partial charge >= 0.3 is 0 Å². The molecule has 0 saturated heterocycles. The Labute approximate surface area is 158 Å². The maximum absolute atomic E-state index is 12.5. The third-order valence-electron chi connectivity index (χ3n) is 4.23. The molecule has 0 aliphatic carbocycles. The van der Waals surface area contributed by atoms with Gasteiger partial charge in [-0.3, -0.25) is 4.79 Å². The van der Waals surface area contributed by atoms with E-state index in [0.29, 0.717) is 25.7 Å². The fraction of sp³-hybridized carbons (Fsp3) is 0.0500. The van der Waals surface area contributed by atoms with Crippen molar-refractivity contribution in [1.29, 1.82) is 0 Å². The summed E-state index contributed by atoms with van der Waals surface area (Å²) in [6.07, 6.45) is 0. The molecule has 4 rings (SSSR count). The number of H-pyrrole nitrogens is 1. The van der Waals surface area contributed by atoms with Crippen LogP contribution in [0.2, 0.25) is 4.34 Å². The lowest BCUT2D eigenvalue weighted by atomic mass is 10.0. The Hall–Kier alpha value is -2.76. The maximum Gasteiger partial charge on any atom is 0.260 e. The number of hydrogen-bond donors (Lipinski definition) is 2. The largest absolute Gasteiger partial charge is 0.506 e. The topological polar surface area (TPSA) is 62.3 Å². The summed E-state index contributed by atoms with van der Waals surface area (Å²) in [4.78, 5) is 15.9. The van der Waals surface area contributed by atoms with Gasteiger partial charge in [0.15, 0.2) is 0 Å². The molecule has 2 N–H and O–H groups in total. The van der Waals surface area contributed by atoms with E-state index in [1.54, 1.807) is 19.2 Å². The van der Waals surface area contributed by atoms with Crippen LogP contribution in [0.4, 0.5) is 0 Å². The number of hydrogen-bond acceptors (Lipinski definition) is 4. The van der Waals surface area contributed by atoms with E-state index in [0.717, 1.165) is 11.3 Å². The van der Waals surface area contributed by atoms with E-state index in [9.17, 15) is 9.90 Å². The molecule has 2 aromatic heterocycles. The Balaban J connectivity index is 2.03. The van der Waals surface area contributed by atoms with Crippen LogP contribution in [0.15, 0.2) is 59.4 Å². The van der Waals surface area contributed by atoms with Crippen LogP contribution >= 0.6 is 22.9 Å². The van der Waals surface area contributed by atoms with Gasteiger partial charge < -0.3 is 14.8 Å². The molecule has 0 aliphatic rings. The molecule has 26 heavy (non-hydrogen) atoms. The molecule has 4 nitrogen and oxygen atoms in total. The number of nitrogens with one attached hydrogen (secondary N) is 1. The van der Waals surface area contributed by atoms with Crippen molar-refractivity contribution in [3.8, 4) is 33.8 Å². The quantitative estimate of drug-likeness (QED) is 0.505. The van der Waals surface area contributed by atoms with Crippen LogP contribution in [0.5, 0.6) is 11.5 Å². The molecule has 2 heterocycles. The van der Waals surface area contributed by atoms with Crippen molar-refractivity contribution in [3.05, 3.63) is 69.3 Å². The summed E-state index contributed by atoms with van der Waals surface area (Å²) in [5, 5.41) is 11.5. The molecule has 0 amide bonds. The summed E-state index contributed by atoms with van der Waals surface area (Å²) in [5.74, 6) is 0.663. The van der Waals surface area contributed by atoms with Crippen molar-refractivity contribution < 1.29 is 9.84 Å². The molecule has 0 saturated carbocycles. The second-order valence-electron chi connectivity index (χ2n) is 5.73. The van der Waals surface area contributed by atoms with Crippen LogP contribution in [-0.4, -0.2) is 17.2 Å². The summed E-state index contributed by atoms with van der Waals surface area (Å²) < 4.78 is 5.69. The fourth-order valence-corrected chi connectivity index (χ4v) is 4.38. The number of ether oxygens (including phenoxy) is 1. The number of fused-ring (bicyclic) bond motifs is 1. The Morgan fingerprint density at radius 1 is 1.00 bits per heavy atom. The third kappa shape index (κ3) is 2.66. The van der Waals surface area contributed by atoms with Crippen LogP contribution < -0.4 is 10.3 Å². The molecule has 6 heteroatoms. The van der Waals surface area contributed by atoms with E-state index in [1.165, 1.54) is 11.3 Å². The van der Waals surface area contributed by atoms with E-state index in [2.05, 4.69) is 4.98 Å². The number of halogens is 1. The molecule has 0 radical (unpaired) electrons. The molecule has 0 unspecified atom stereocenters. The maximum atomic E-state index is 12.5. The number of aromatic hydroxyl groups is 1. The molecule has 2 aromatic carbocycles. The van der Waals surface area contributed by atoms with Gasteiger partial charge in [0.1, 0.15) is 20.7 Å². The Morgan fingerprint density at radius 2 is 1.65 bits per heavy atom. The monoisotopic (exact) mass is 383 g/mol. The van der Waals surface area contributed by atoms with E-state index < -0.39 is 0 Å². The van der Waals surface area contributed by atoms with Crippen molar-refractivity contribution >= 4 is 33.2 Å². The van der Waals surface area contributed by atoms with Gasteiger partial charge in [0.2, 0.25) is 0 Å². The van der Waals surface area contributed by atoms with Gasteiger partial charge in [-0.05, 0) is 23.3 Å². The number of thiophene rings is 1. The number of aromatic nitrogens is 1. The van der Waals surface area contributed by atoms with Gasteiger partial charge in [0.05, 0.1) is 18.1 Å². The third-order valence-corrected chi connectivity index (χ3v) is 5.55. The summed E-state index contributed by atoms with van der Waals surface area (Å²) in [6.45, 7) is 0. The molecule has 0 fully saturated rings. The van der Waals surface area contributed by atoms with Crippen LogP contribution in [0.1, 0.15) is 0 Å². The average molecular weight is 384 g/mol. The molecular weight excluding hydrogens is 370 g/mol. The highest BCUT2D eigenvalue weighted by atomic mass is 35.5. The summed E-state index contributed by atoms with van der Waals surface area (Å²) in [6, 6.07) is 16.5. The van der Waals surface area contributed by atoms with Gasteiger partial charge in [-0.15, -0.1) is 11.3 Å². The number of aromatic amines is 1. The summed E-state index contributed by atoms with van der Waals surface area (Å²) in [7, 11) is 1.60. The van der Waals surface area contributed by atoms with Gasteiger partial charge in [-0.2, -0.15) is 0 Å². The van der Waals surface area contributed by atoms with Gasteiger partial charge in [0.25, 0.3) is 5.56 Å². The lowest BCUT2D eigenvalue weighted by Crippen LogP contribution is -2.08. The number of pyridine rings is 1. The van der Waals surface area contributed by atoms with Crippen LogP contribution in [0.25, 0.3) is 32.5 Å². The lowest BCUT2D eigenvalue weighted by molar-refractivity contribution is 0.415. The molecule has 0 bridgehead atoms. The first-order valence-corrected chi connectivity index (χ1v) is 9.06. The first kappa shape index (κ1) is 16.7. The van der Waals surface area contributed by atoms with Crippen LogP contribution in [-0.2, 0) is 0 Å². The minimum Gasteiger partial charge on any atom is -0.506 e. The number of rotatable bonds is 3. The van der Waals surface area contributed by atoms with Crippen molar-refractivity contribution in [2.24, 2.45) is 0 Å². The summed E-state index contributed by atoms with van der Waals surface area (Å²) >= 11 is 7.69. The highest BCUT2D eigenvalue weighted by molar-refractivity contribution is 7.23. The number of benzene rings is 2. The highest BCUT2D eigenvalue weighted by Gasteiger charge is 2.21. The summed E-state index contributed by atoms with van der Waals surface area (Å²) in [5.41, 5.74) is 2.07. The minimum absolute atomic E-state index is 0.0658. The van der Waals surface area contributed by atoms with Gasteiger partial charge in [-0.25, -0.2) is 0 Å². The SMILES string of the molecule is COc1ccc(-c2c(Cl)sc3[nH]c(=O)c(-c4ccccc4)c(O)c23)cc1. The standard InChI is InChI=1S/C20H14ClNO3S/c1-25-13-9-7-12(8-10-13)14-16-17(23)15(11-5-3-2-4-6-11)19(24)22-20(16)26-18(14)21/h2-10H,1H3,(H2,22,23,24). The smallest absolute Gasteiger partial charge is 0.260 e. The zero-order valence-electron chi connectivity index (χ0n) is 13.7. The van der Waals surface area contributed by atoms with Gasteiger partial charge in [-0.1, -0.05) is 54.1 Å². The molecule has 0 aliphatic heterocycles. The molecule has 4 aromatic rings. The van der Waals surface area contributed by atoms with Gasteiger partial charge in [0, 0.05) is 5.56 Å². The van der Waals surface area contributed by atoms with Crippen molar-refractivity contribution in [1.82, 2.24) is 4.98 Å². The van der Waals surface area contributed by atoms with Crippen molar-refractivity contribution in [3.63, 3.8) is 0 Å². The first-order chi connectivity index (χ1) is 12.6. The Bertz CT molecular complexity index is 1150. The normalized spacial score (nSPS) is 11.0. The highest BCUT2D eigenvalue weighted by Crippen LogP contribution is 2.46. The predicted octanol–water partition coefficient (Wildman–Crippen LogP) is 5.29. The second kappa shape index (κ2) is 6.52. The second-order valence-corrected chi connectivity index (χ2v) is 7.35. The predicted molar refractivity (Wildman–Crippen MR) is 107 cm³/mol. The number of methoxy groups -OCH3 is 1. The van der Waals surface area contributed by atoms with Crippen LogP contribution in [0, 0.1) is 0 Å². The molecule has 130 valence electrons. The van der Waals surface area contributed by atoms with E-state index in [1.807, 2.05) is 42.5 Å². The molecule has 0 spiro atoms. The zero-order valence-corrected chi connectivity index (χ0v) is 15.3. The molecule has 0 atom stereocenters. The molecular formula is C20H14ClNO3S. The van der Waals surface area contributed by atoms with Crippen molar-refractivity contribution in [2.45, 2.75) is 0 Å². The van der Waals surface area contributed by atoms with E-state index in [-0.39, 0.29) is 16.9 Å². The fourth-order valence-electron chi connectivity index (χ4n) is 3.00. The lowest BCUT2D eigenvalue weighted by Gasteiger charge is -2.08. The van der Waals surface area contributed by atoms with E-state index >= 15 is 0 Å². The minimum atomic E-state index is -0.347. The zero-order chi connectivity index (χ0) is 18.3. The average Bonchev–Trinajstić information content (AvgIpc) is 2.98. The first-order valence-electron chi connectivity index (χ1n) is 7.87.